The average molecular weight is 898 g/mol. The van der Waals surface area contributed by atoms with Gasteiger partial charge < -0.3 is 50.4 Å². The molecular formula is C40H75N5O13S2. The minimum Gasteiger partial charge on any atom is -0.481 e. The predicted molar refractivity (Wildman–Crippen MR) is 234 cm³/mol. The van der Waals surface area contributed by atoms with Crippen LogP contribution in [0.25, 0.3) is 0 Å². The number of nitrogens with one attached hydrogen (secondary N) is 5. The number of hydrogen-bond acceptors (Lipinski definition) is 13. The van der Waals surface area contributed by atoms with Crippen molar-refractivity contribution in [2.45, 2.75) is 141 Å². The lowest BCUT2D eigenvalue weighted by molar-refractivity contribution is -0.142. The first-order chi connectivity index (χ1) is 29.0. The number of aliphatic carboxylic acids is 2. The molecule has 0 spiro atoms. The molecule has 350 valence electrons. The lowest BCUT2D eigenvalue weighted by Gasteiger charge is -2.14. The number of amides is 4. The molecule has 0 fully saturated rings. The molecule has 0 saturated heterocycles. The molecule has 0 radical (unpaired) electrons. The van der Waals surface area contributed by atoms with E-state index in [1.165, 1.54) is 32.1 Å². The van der Waals surface area contributed by atoms with Gasteiger partial charge in [0.25, 0.3) is 0 Å². The molecule has 1 unspecified atom stereocenters. The monoisotopic (exact) mass is 897 g/mol. The molecule has 7 N–H and O–H groups in total. The van der Waals surface area contributed by atoms with Gasteiger partial charge >= 0.3 is 11.9 Å². The maximum Gasteiger partial charge on any atom is 0.326 e. The first-order valence-corrected chi connectivity index (χ1v) is 22.3. The van der Waals surface area contributed by atoms with E-state index in [0.717, 1.165) is 57.8 Å². The standard InChI is InChI=1S/C27H50N2O8.C13H25N3O5S2/c1-2-36-21-22-37-20-19-28-24(30)18-17-23(27(34)35)29-25(31)15-13-11-9-7-5-3-4-6-8-10-12-14-16-26(32)33;17-10-14-5-6-20-7-8-21-9-12(18)15-4-2-1-3-11(16-23)13(19)22/h23H,2-22H2,1H3,(H,28,30)(H,29,31)(H,32,33)(H,34,35);10-11,16,23H,1-9H2,(H,14,17)(H,15,18)(H,19,22)/t23-;/m0./s1. The van der Waals surface area contributed by atoms with Crippen molar-refractivity contribution < 1.29 is 62.7 Å². The van der Waals surface area contributed by atoms with Crippen molar-refractivity contribution in [3.8, 4) is 0 Å². The molecule has 0 aliphatic rings. The van der Waals surface area contributed by atoms with Gasteiger partial charge in [0.05, 0.1) is 45.7 Å². The highest BCUT2D eigenvalue weighted by Gasteiger charge is 2.21. The van der Waals surface area contributed by atoms with Gasteiger partial charge in [-0.15, -0.1) is 12.6 Å². The van der Waals surface area contributed by atoms with Gasteiger partial charge in [-0.1, -0.05) is 77.0 Å². The van der Waals surface area contributed by atoms with E-state index in [4.69, 9.17) is 24.1 Å². The highest BCUT2D eigenvalue weighted by atomic mass is 32.1. The predicted octanol–water partition coefficient (Wildman–Crippen LogP) is 3.36. The fourth-order valence-corrected chi connectivity index (χ4v) is 5.96. The minimum absolute atomic E-state index is 0.0148. The average Bonchev–Trinajstić information content (AvgIpc) is 3.21. The Morgan fingerprint density at radius 1 is 0.567 bits per heavy atom. The van der Waals surface area contributed by atoms with Crippen molar-refractivity contribution in [3.05, 3.63) is 0 Å². The number of carbonyl (C=O) groups is 7. The zero-order valence-corrected chi connectivity index (χ0v) is 37.5. The molecule has 18 nitrogen and oxygen atoms in total. The lowest BCUT2D eigenvalue weighted by Crippen LogP contribution is -2.41. The Bertz CT molecular complexity index is 1130. The number of rotatable bonds is 43. The fraction of sp³-hybridized carbons (Fsp3) is 0.825. The molecule has 2 atom stereocenters. The molecule has 0 aromatic heterocycles. The van der Waals surface area contributed by atoms with E-state index in [1.54, 1.807) is 0 Å². The van der Waals surface area contributed by atoms with Gasteiger partial charge in [0, 0.05) is 45.5 Å². The molecule has 0 rings (SSSR count). The van der Waals surface area contributed by atoms with E-state index in [-0.39, 0.29) is 61.2 Å². The van der Waals surface area contributed by atoms with Crippen LogP contribution in [0.2, 0.25) is 0 Å². The molecule has 0 aliphatic carbocycles. The summed E-state index contributed by atoms with van der Waals surface area (Å²) in [5, 5.41) is 28.1. The second kappa shape index (κ2) is 45.5. The SMILES string of the molecule is CCOCCOCCNC(=O)CC[C@H](NC(=O)CCCCCCCCCCCCCCC(=O)O)C(=O)O.O=CNCCOCCOCC(=O)NCCCCC(NS)C(=O)S. The Hall–Kier alpha value is -3.01. The topological polar surface area (TPSA) is 257 Å². The van der Waals surface area contributed by atoms with Gasteiger partial charge in [-0.25, -0.2) is 4.79 Å². The number of carboxylic acid groups (broad SMARTS) is 2. The Kier molecular flexibility index (Phi) is 44.8. The highest BCUT2D eigenvalue weighted by Crippen LogP contribution is 2.13. The van der Waals surface area contributed by atoms with Gasteiger partial charge in [-0.05, 0) is 45.4 Å². The molecule has 0 bridgehead atoms. The van der Waals surface area contributed by atoms with Gasteiger partial charge in [-0.2, -0.15) is 0 Å². The van der Waals surface area contributed by atoms with Gasteiger partial charge in [0.15, 0.2) is 0 Å². The fourth-order valence-electron chi connectivity index (χ4n) is 5.41. The van der Waals surface area contributed by atoms with Crippen molar-refractivity contribution in [1.29, 1.82) is 0 Å². The summed E-state index contributed by atoms with van der Waals surface area (Å²) in [5.74, 6) is -2.61. The molecule has 0 saturated carbocycles. The summed E-state index contributed by atoms with van der Waals surface area (Å²) < 4.78 is 23.3. The van der Waals surface area contributed by atoms with E-state index < -0.39 is 18.0 Å². The summed E-state index contributed by atoms with van der Waals surface area (Å²) in [6, 6.07) is -1.44. The van der Waals surface area contributed by atoms with Crippen LogP contribution < -0.4 is 26.0 Å². The van der Waals surface area contributed by atoms with E-state index in [0.29, 0.717) is 78.7 Å². The normalized spacial score (nSPS) is 11.7. The van der Waals surface area contributed by atoms with Crippen LogP contribution in [-0.4, -0.2) is 136 Å². The van der Waals surface area contributed by atoms with Crippen molar-refractivity contribution in [3.63, 3.8) is 0 Å². The third-order valence-corrected chi connectivity index (χ3v) is 9.38. The largest absolute Gasteiger partial charge is 0.481 e. The second-order valence-corrected chi connectivity index (χ2v) is 14.6. The number of ether oxygens (including phenoxy) is 4. The van der Waals surface area contributed by atoms with Gasteiger partial charge in [0.2, 0.25) is 29.2 Å². The Morgan fingerprint density at radius 2 is 1.10 bits per heavy atom. The van der Waals surface area contributed by atoms with Crippen LogP contribution in [0.1, 0.15) is 129 Å². The lowest BCUT2D eigenvalue weighted by atomic mass is 10.0. The number of carboxylic acids is 2. The Labute approximate surface area is 367 Å². The van der Waals surface area contributed by atoms with Crippen LogP contribution in [-0.2, 0) is 52.5 Å². The molecule has 0 aromatic carbocycles. The van der Waals surface area contributed by atoms with Crippen molar-refractivity contribution >= 4 is 66.6 Å². The second-order valence-electron chi connectivity index (χ2n) is 13.9. The van der Waals surface area contributed by atoms with Crippen molar-refractivity contribution in [2.75, 3.05) is 72.5 Å². The maximum atomic E-state index is 12.1. The summed E-state index contributed by atoms with van der Waals surface area (Å²) in [4.78, 5) is 78.4. The molecule has 0 aromatic rings. The van der Waals surface area contributed by atoms with Crippen molar-refractivity contribution in [1.82, 2.24) is 26.0 Å². The van der Waals surface area contributed by atoms with E-state index in [1.807, 2.05) is 6.92 Å². The highest BCUT2D eigenvalue weighted by molar-refractivity contribution is 7.96. The Balaban J connectivity index is 0. The minimum atomic E-state index is -1.14. The number of hydrogen-bond donors (Lipinski definition) is 9. The number of carbonyl (C=O) groups excluding carboxylic acids is 5. The van der Waals surface area contributed by atoms with Crippen LogP contribution in [0.5, 0.6) is 0 Å². The molecule has 20 heteroatoms. The molecule has 4 amide bonds. The van der Waals surface area contributed by atoms with E-state index in [9.17, 15) is 38.7 Å². The van der Waals surface area contributed by atoms with Crippen LogP contribution in [0.15, 0.2) is 0 Å². The summed E-state index contributed by atoms with van der Waals surface area (Å²) in [5.41, 5.74) is 0. The van der Waals surface area contributed by atoms with Crippen molar-refractivity contribution in [2.24, 2.45) is 0 Å². The first-order valence-electron chi connectivity index (χ1n) is 21.4. The third-order valence-electron chi connectivity index (χ3n) is 8.76. The molecule has 0 heterocycles. The van der Waals surface area contributed by atoms with Gasteiger partial charge in [0.1, 0.15) is 12.6 Å². The van der Waals surface area contributed by atoms with E-state index >= 15 is 0 Å². The van der Waals surface area contributed by atoms with Gasteiger partial charge in [-0.3, -0.25) is 33.5 Å². The van der Waals surface area contributed by atoms with Crippen LogP contribution in [0.4, 0.5) is 0 Å². The summed E-state index contributed by atoms with van der Waals surface area (Å²) in [6.07, 6.45) is 16.0. The zero-order valence-electron chi connectivity index (χ0n) is 35.7. The zero-order chi connectivity index (χ0) is 44.9. The summed E-state index contributed by atoms with van der Waals surface area (Å²) in [7, 11) is 0. The van der Waals surface area contributed by atoms with Crippen LogP contribution in [0, 0.1) is 0 Å². The summed E-state index contributed by atoms with van der Waals surface area (Å²) >= 11 is 7.60. The van der Waals surface area contributed by atoms with Crippen LogP contribution in [0.3, 0.4) is 0 Å². The number of thiol groups is 2. The number of unbranched alkanes of at least 4 members (excludes halogenated alkanes) is 12. The quantitative estimate of drug-likeness (QED) is 0.0242. The summed E-state index contributed by atoms with van der Waals surface area (Å²) in [6.45, 7) is 6.22. The maximum absolute atomic E-state index is 12.1. The molecule has 60 heavy (non-hydrogen) atoms. The molecule has 0 aliphatic heterocycles. The van der Waals surface area contributed by atoms with E-state index in [2.05, 4.69) is 51.4 Å². The Morgan fingerprint density at radius 3 is 1.63 bits per heavy atom. The van der Waals surface area contributed by atoms with Crippen LogP contribution >= 0.6 is 25.4 Å². The third kappa shape index (κ3) is 44.5. The first kappa shape index (κ1) is 59.1. The smallest absolute Gasteiger partial charge is 0.326 e. The molecular weight excluding hydrogens is 823 g/mol.